The van der Waals surface area contributed by atoms with Crippen molar-refractivity contribution in [3.8, 4) is 0 Å². The molecule has 2 rings (SSSR count). The molecule has 0 amide bonds. The first kappa shape index (κ1) is 15.1. The van der Waals surface area contributed by atoms with Crippen LogP contribution < -0.4 is 11.3 Å². The first-order valence-corrected chi connectivity index (χ1v) is 6.96. The maximum atomic E-state index is 13.8. The molecule has 20 heavy (non-hydrogen) atoms. The highest BCUT2D eigenvalue weighted by Crippen LogP contribution is 2.23. The van der Waals surface area contributed by atoms with Gasteiger partial charge in [0.1, 0.15) is 11.6 Å². The van der Waals surface area contributed by atoms with E-state index in [2.05, 4.69) is 21.4 Å². The lowest BCUT2D eigenvalue weighted by atomic mass is 9.97. The number of hydrogen-bond acceptors (Lipinski definition) is 2. The molecule has 0 spiro atoms. The third-order valence-corrected chi connectivity index (χ3v) is 3.72. The van der Waals surface area contributed by atoms with Crippen molar-refractivity contribution in [3.05, 3.63) is 69.2 Å². The zero-order valence-corrected chi connectivity index (χ0v) is 12.5. The minimum Gasteiger partial charge on any atom is -0.271 e. The summed E-state index contributed by atoms with van der Waals surface area (Å²) in [6.45, 7) is 1.69. The number of halogens is 3. The minimum absolute atomic E-state index is 0.264. The van der Waals surface area contributed by atoms with E-state index in [0.717, 1.165) is 5.56 Å². The van der Waals surface area contributed by atoms with Crippen molar-refractivity contribution in [1.82, 2.24) is 5.43 Å². The second-order valence-electron chi connectivity index (χ2n) is 4.67. The zero-order chi connectivity index (χ0) is 14.7. The van der Waals surface area contributed by atoms with Gasteiger partial charge in [-0.15, -0.1) is 0 Å². The predicted octanol–water partition coefficient (Wildman–Crippen LogP) is 3.78. The predicted molar refractivity (Wildman–Crippen MR) is 79.0 cm³/mol. The van der Waals surface area contributed by atoms with E-state index in [4.69, 9.17) is 5.84 Å². The Hall–Kier alpha value is -1.30. The van der Waals surface area contributed by atoms with Gasteiger partial charge in [0.15, 0.2) is 0 Å². The Morgan fingerprint density at radius 3 is 2.50 bits per heavy atom. The van der Waals surface area contributed by atoms with E-state index in [-0.39, 0.29) is 17.7 Å². The highest BCUT2D eigenvalue weighted by atomic mass is 79.9. The summed E-state index contributed by atoms with van der Waals surface area (Å²) < 4.78 is 27.8. The molecular formula is C15H15BrF2N2. The van der Waals surface area contributed by atoms with Gasteiger partial charge in [-0.05, 0) is 48.2 Å². The van der Waals surface area contributed by atoms with Crippen LogP contribution in [0.2, 0.25) is 0 Å². The molecule has 0 heterocycles. The summed E-state index contributed by atoms with van der Waals surface area (Å²) >= 11 is 3.22. The van der Waals surface area contributed by atoms with Gasteiger partial charge < -0.3 is 0 Å². The molecule has 0 saturated heterocycles. The molecule has 0 saturated carbocycles. The Morgan fingerprint density at radius 1 is 1.15 bits per heavy atom. The number of nitrogens with two attached hydrogens (primary N) is 1. The van der Waals surface area contributed by atoms with Crippen LogP contribution in [0.1, 0.15) is 22.7 Å². The molecule has 0 aliphatic heterocycles. The number of benzene rings is 2. The van der Waals surface area contributed by atoms with Gasteiger partial charge in [-0.25, -0.2) is 8.78 Å². The van der Waals surface area contributed by atoms with Gasteiger partial charge in [-0.1, -0.05) is 34.1 Å². The number of hydrazine groups is 1. The van der Waals surface area contributed by atoms with Gasteiger partial charge in [-0.3, -0.25) is 11.3 Å². The van der Waals surface area contributed by atoms with Crippen molar-refractivity contribution in [2.24, 2.45) is 5.84 Å². The van der Waals surface area contributed by atoms with Crippen molar-refractivity contribution >= 4 is 15.9 Å². The van der Waals surface area contributed by atoms with Gasteiger partial charge in [0.25, 0.3) is 0 Å². The quantitative estimate of drug-likeness (QED) is 0.656. The standard InChI is InChI=1S/C15H15BrF2N2/c1-9-6-11(3-5-13(9)17)15(20-19)7-10-2-4-12(16)8-14(10)18/h2-6,8,15,20H,7,19H2,1H3. The Labute approximate surface area is 125 Å². The summed E-state index contributed by atoms with van der Waals surface area (Å²) in [6, 6.07) is 9.40. The maximum absolute atomic E-state index is 13.8. The zero-order valence-electron chi connectivity index (χ0n) is 11.0. The maximum Gasteiger partial charge on any atom is 0.127 e. The molecule has 0 aliphatic carbocycles. The average molecular weight is 341 g/mol. The average Bonchev–Trinajstić information content (AvgIpc) is 2.41. The number of rotatable bonds is 4. The molecule has 2 aromatic carbocycles. The molecular weight excluding hydrogens is 326 g/mol. The van der Waals surface area contributed by atoms with E-state index in [1.807, 2.05) is 0 Å². The Kier molecular flexibility index (Phi) is 4.86. The van der Waals surface area contributed by atoms with Crippen molar-refractivity contribution < 1.29 is 8.78 Å². The van der Waals surface area contributed by atoms with Crippen LogP contribution in [0.15, 0.2) is 40.9 Å². The van der Waals surface area contributed by atoms with Crippen LogP contribution in [-0.2, 0) is 6.42 Å². The highest BCUT2D eigenvalue weighted by Gasteiger charge is 2.14. The highest BCUT2D eigenvalue weighted by molar-refractivity contribution is 9.10. The lowest BCUT2D eigenvalue weighted by molar-refractivity contribution is 0.526. The molecule has 0 radical (unpaired) electrons. The second kappa shape index (κ2) is 6.43. The van der Waals surface area contributed by atoms with E-state index in [0.29, 0.717) is 22.0 Å². The molecule has 1 atom stereocenters. The minimum atomic E-state index is -0.293. The van der Waals surface area contributed by atoms with Gasteiger partial charge in [-0.2, -0.15) is 0 Å². The second-order valence-corrected chi connectivity index (χ2v) is 5.58. The van der Waals surface area contributed by atoms with Crippen molar-refractivity contribution in [2.45, 2.75) is 19.4 Å². The fourth-order valence-corrected chi connectivity index (χ4v) is 2.40. The first-order chi connectivity index (χ1) is 9.51. The first-order valence-electron chi connectivity index (χ1n) is 6.17. The largest absolute Gasteiger partial charge is 0.271 e. The van der Waals surface area contributed by atoms with Gasteiger partial charge in [0.2, 0.25) is 0 Å². The smallest absolute Gasteiger partial charge is 0.127 e. The number of hydrogen-bond donors (Lipinski definition) is 2. The lowest BCUT2D eigenvalue weighted by Crippen LogP contribution is -2.30. The lowest BCUT2D eigenvalue weighted by Gasteiger charge is -2.17. The van der Waals surface area contributed by atoms with Crippen LogP contribution in [0, 0.1) is 18.6 Å². The summed E-state index contributed by atoms with van der Waals surface area (Å²) in [5.74, 6) is 4.99. The van der Waals surface area contributed by atoms with E-state index in [1.54, 1.807) is 31.2 Å². The van der Waals surface area contributed by atoms with E-state index < -0.39 is 0 Å². The topological polar surface area (TPSA) is 38.0 Å². The van der Waals surface area contributed by atoms with Crippen LogP contribution in [0.4, 0.5) is 8.78 Å². The Morgan fingerprint density at radius 2 is 1.90 bits per heavy atom. The van der Waals surface area contributed by atoms with Crippen LogP contribution in [0.25, 0.3) is 0 Å². The summed E-state index contributed by atoms with van der Waals surface area (Å²) in [5.41, 5.74) is 4.58. The number of nitrogens with one attached hydrogen (secondary N) is 1. The van der Waals surface area contributed by atoms with Crippen molar-refractivity contribution in [3.63, 3.8) is 0 Å². The van der Waals surface area contributed by atoms with E-state index >= 15 is 0 Å². The van der Waals surface area contributed by atoms with Crippen LogP contribution in [0.3, 0.4) is 0 Å². The molecule has 1 unspecified atom stereocenters. The number of aryl methyl sites for hydroxylation is 1. The van der Waals surface area contributed by atoms with Crippen molar-refractivity contribution in [2.75, 3.05) is 0 Å². The molecule has 0 bridgehead atoms. The summed E-state index contributed by atoms with van der Waals surface area (Å²) in [5, 5.41) is 0. The third kappa shape index (κ3) is 3.42. The van der Waals surface area contributed by atoms with Gasteiger partial charge >= 0.3 is 0 Å². The van der Waals surface area contributed by atoms with Gasteiger partial charge in [0, 0.05) is 4.47 Å². The fraction of sp³-hybridized carbons (Fsp3) is 0.200. The molecule has 0 aliphatic rings. The van der Waals surface area contributed by atoms with Crippen LogP contribution in [0.5, 0.6) is 0 Å². The summed E-state index contributed by atoms with van der Waals surface area (Å²) in [4.78, 5) is 0. The molecule has 3 N–H and O–H groups in total. The van der Waals surface area contributed by atoms with E-state index in [9.17, 15) is 8.78 Å². The Bertz CT molecular complexity index is 617. The summed E-state index contributed by atoms with van der Waals surface area (Å²) in [6.07, 6.45) is 0.390. The SMILES string of the molecule is Cc1cc(C(Cc2ccc(Br)cc2F)NN)ccc1F. The fourth-order valence-electron chi connectivity index (χ4n) is 2.06. The van der Waals surface area contributed by atoms with E-state index in [1.165, 1.54) is 12.1 Å². The molecule has 0 aromatic heterocycles. The van der Waals surface area contributed by atoms with Crippen LogP contribution in [-0.4, -0.2) is 0 Å². The molecule has 5 heteroatoms. The summed E-state index contributed by atoms with van der Waals surface area (Å²) in [7, 11) is 0. The van der Waals surface area contributed by atoms with Crippen LogP contribution >= 0.6 is 15.9 Å². The van der Waals surface area contributed by atoms with Gasteiger partial charge in [0.05, 0.1) is 6.04 Å². The monoisotopic (exact) mass is 340 g/mol. The Balaban J connectivity index is 2.26. The normalized spacial score (nSPS) is 12.4. The molecule has 2 nitrogen and oxygen atoms in total. The molecule has 0 fully saturated rings. The third-order valence-electron chi connectivity index (χ3n) is 3.22. The molecule has 2 aromatic rings. The molecule has 106 valence electrons. The van der Waals surface area contributed by atoms with Crippen molar-refractivity contribution in [1.29, 1.82) is 0 Å².